The number of carbonyl (C=O) groups excluding carboxylic acids is 1. The normalized spacial score (nSPS) is 13.0. The second kappa shape index (κ2) is 8.70. The first kappa shape index (κ1) is 24.0. The number of halogens is 4. The molecule has 0 aliphatic carbocycles. The Morgan fingerprint density at radius 3 is 2.39 bits per heavy atom. The predicted molar refractivity (Wildman–Crippen MR) is 109 cm³/mol. The minimum atomic E-state index is -4.66. The van der Waals surface area contributed by atoms with Crippen LogP contribution in [0, 0.1) is 5.82 Å². The van der Waals surface area contributed by atoms with Gasteiger partial charge < -0.3 is 10.4 Å². The molecular weight excluding hydrogens is 446 g/mol. The average Bonchev–Trinajstić information content (AvgIpc) is 2.72. The number of nitrogens with zero attached hydrogens (tertiary/aromatic N) is 4. The van der Waals surface area contributed by atoms with Gasteiger partial charge in [0.2, 0.25) is 0 Å². The van der Waals surface area contributed by atoms with Crippen LogP contribution in [0.5, 0.6) is 0 Å². The van der Waals surface area contributed by atoms with Crippen molar-refractivity contribution in [3.05, 3.63) is 70.3 Å². The zero-order chi connectivity index (χ0) is 24.6. The molecule has 0 radical (unpaired) electrons. The summed E-state index contributed by atoms with van der Waals surface area (Å²) in [5, 5.41) is 16.6. The van der Waals surface area contributed by atoms with Gasteiger partial charge in [-0.05, 0) is 39.0 Å². The first-order valence-electron chi connectivity index (χ1n) is 9.59. The molecule has 33 heavy (non-hydrogen) atoms. The highest BCUT2D eigenvalue weighted by atomic mass is 19.4. The second-order valence-corrected chi connectivity index (χ2v) is 7.80. The van der Waals surface area contributed by atoms with Gasteiger partial charge in [0.05, 0.1) is 35.4 Å². The zero-order valence-corrected chi connectivity index (χ0v) is 17.7. The quantitative estimate of drug-likeness (QED) is 0.561. The zero-order valence-electron chi connectivity index (χ0n) is 17.7. The third-order valence-corrected chi connectivity index (χ3v) is 4.85. The van der Waals surface area contributed by atoms with Gasteiger partial charge in [-0.2, -0.15) is 23.0 Å². The standard InChI is InChI=1S/C21H19F4N5O3/c1-11(20(2,3)33)28-18(31)15-7-16(12-4-5-17(27-8-12)21(23,24)25)29-30(19(15)32)14-6-13(22)9-26-10-14/h4-11,33H,1-3H3,(H,28,31)/t11-/m0/s1. The Kier molecular flexibility index (Phi) is 6.32. The third-order valence-electron chi connectivity index (χ3n) is 4.85. The number of aromatic nitrogens is 4. The van der Waals surface area contributed by atoms with Crippen LogP contribution >= 0.6 is 0 Å². The minimum absolute atomic E-state index is 0.0684. The van der Waals surface area contributed by atoms with E-state index in [9.17, 15) is 32.3 Å². The molecule has 174 valence electrons. The number of nitrogens with one attached hydrogen (secondary N) is 1. The number of hydrogen-bond acceptors (Lipinski definition) is 6. The summed E-state index contributed by atoms with van der Waals surface area (Å²) in [4.78, 5) is 32.8. The highest BCUT2D eigenvalue weighted by Crippen LogP contribution is 2.28. The first-order chi connectivity index (χ1) is 15.3. The van der Waals surface area contributed by atoms with Crippen molar-refractivity contribution >= 4 is 5.91 Å². The Morgan fingerprint density at radius 2 is 1.85 bits per heavy atom. The van der Waals surface area contributed by atoms with E-state index in [4.69, 9.17) is 0 Å². The molecule has 0 unspecified atom stereocenters. The van der Waals surface area contributed by atoms with Crippen LogP contribution in [0.2, 0.25) is 0 Å². The molecule has 3 heterocycles. The van der Waals surface area contributed by atoms with Crippen molar-refractivity contribution in [2.75, 3.05) is 0 Å². The van der Waals surface area contributed by atoms with Crippen LogP contribution in [0.15, 0.2) is 47.7 Å². The molecule has 0 aliphatic heterocycles. The van der Waals surface area contributed by atoms with Gasteiger partial charge in [-0.1, -0.05) is 0 Å². The summed E-state index contributed by atoms with van der Waals surface area (Å²) >= 11 is 0. The summed E-state index contributed by atoms with van der Waals surface area (Å²) in [5.74, 6) is -1.64. The van der Waals surface area contributed by atoms with Crippen molar-refractivity contribution in [2.45, 2.75) is 38.6 Å². The van der Waals surface area contributed by atoms with E-state index in [2.05, 4.69) is 20.4 Å². The molecule has 0 aromatic carbocycles. The number of carbonyl (C=O) groups is 1. The van der Waals surface area contributed by atoms with Crippen LogP contribution in [-0.4, -0.2) is 42.4 Å². The lowest BCUT2D eigenvalue weighted by atomic mass is 10.0. The largest absolute Gasteiger partial charge is 0.433 e. The van der Waals surface area contributed by atoms with Gasteiger partial charge in [-0.25, -0.2) is 4.39 Å². The number of pyridine rings is 2. The number of aliphatic hydroxyl groups is 1. The first-order valence-corrected chi connectivity index (χ1v) is 9.59. The van der Waals surface area contributed by atoms with Crippen LogP contribution in [-0.2, 0) is 6.18 Å². The molecule has 1 amide bonds. The van der Waals surface area contributed by atoms with E-state index in [1.54, 1.807) is 0 Å². The van der Waals surface area contributed by atoms with Crippen molar-refractivity contribution in [2.24, 2.45) is 0 Å². The van der Waals surface area contributed by atoms with Crippen LogP contribution in [0.1, 0.15) is 36.8 Å². The third kappa shape index (κ3) is 5.40. The molecule has 0 saturated heterocycles. The lowest BCUT2D eigenvalue weighted by Crippen LogP contribution is -2.48. The Hall–Kier alpha value is -3.67. The number of rotatable bonds is 5. The number of hydrogen-bond donors (Lipinski definition) is 2. The number of amides is 1. The highest BCUT2D eigenvalue weighted by molar-refractivity contribution is 5.95. The van der Waals surface area contributed by atoms with Gasteiger partial charge in [0.1, 0.15) is 17.1 Å². The molecule has 3 aromatic rings. The van der Waals surface area contributed by atoms with Gasteiger partial charge in [0.15, 0.2) is 0 Å². The average molecular weight is 465 g/mol. The van der Waals surface area contributed by atoms with Gasteiger partial charge in [0.25, 0.3) is 11.5 Å². The van der Waals surface area contributed by atoms with Crippen molar-refractivity contribution in [3.8, 4) is 16.9 Å². The summed E-state index contributed by atoms with van der Waals surface area (Å²) in [6, 6.07) is 3.09. The van der Waals surface area contributed by atoms with Crippen LogP contribution in [0.4, 0.5) is 17.6 Å². The molecular formula is C21H19F4N5O3. The molecule has 0 spiro atoms. The van der Waals surface area contributed by atoms with E-state index in [1.165, 1.54) is 20.8 Å². The summed E-state index contributed by atoms with van der Waals surface area (Å²) in [7, 11) is 0. The van der Waals surface area contributed by atoms with Crippen LogP contribution < -0.4 is 10.9 Å². The maximum atomic E-state index is 13.7. The van der Waals surface area contributed by atoms with E-state index in [1.807, 2.05) is 0 Å². The van der Waals surface area contributed by atoms with Gasteiger partial charge in [0, 0.05) is 17.8 Å². The van der Waals surface area contributed by atoms with Crippen molar-refractivity contribution in [1.29, 1.82) is 0 Å². The molecule has 3 rings (SSSR count). The Labute approximate surface area is 184 Å². The monoisotopic (exact) mass is 465 g/mol. The summed E-state index contributed by atoms with van der Waals surface area (Å²) < 4.78 is 53.0. The molecule has 3 aromatic heterocycles. The van der Waals surface area contributed by atoms with E-state index in [-0.39, 0.29) is 16.9 Å². The highest BCUT2D eigenvalue weighted by Gasteiger charge is 2.32. The Morgan fingerprint density at radius 1 is 1.15 bits per heavy atom. The van der Waals surface area contributed by atoms with Crippen molar-refractivity contribution in [1.82, 2.24) is 25.1 Å². The molecule has 1 atom stereocenters. The predicted octanol–water partition coefficient (Wildman–Crippen LogP) is 2.74. The number of alkyl halides is 3. The van der Waals surface area contributed by atoms with E-state index >= 15 is 0 Å². The summed E-state index contributed by atoms with van der Waals surface area (Å²) in [6.07, 6.45) is -1.73. The van der Waals surface area contributed by atoms with Gasteiger partial charge in [-0.3, -0.25) is 19.6 Å². The van der Waals surface area contributed by atoms with Crippen LogP contribution in [0.3, 0.4) is 0 Å². The second-order valence-electron chi connectivity index (χ2n) is 7.80. The van der Waals surface area contributed by atoms with Gasteiger partial charge in [-0.15, -0.1) is 0 Å². The molecule has 8 nitrogen and oxygen atoms in total. The molecule has 0 bridgehead atoms. The maximum Gasteiger partial charge on any atom is 0.433 e. The maximum absolute atomic E-state index is 13.7. The SMILES string of the molecule is C[C@H](NC(=O)c1cc(-c2ccc(C(F)(F)F)nc2)nn(-c2cncc(F)c2)c1=O)C(C)(C)O. The van der Waals surface area contributed by atoms with Gasteiger partial charge >= 0.3 is 6.18 Å². The Bertz CT molecular complexity index is 1230. The summed E-state index contributed by atoms with van der Waals surface area (Å²) in [5.41, 5.74) is -3.90. The van der Waals surface area contributed by atoms with E-state index in [0.717, 1.165) is 42.9 Å². The van der Waals surface area contributed by atoms with Crippen molar-refractivity contribution in [3.63, 3.8) is 0 Å². The van der Waals surface area contributed by atoms with E-state index in [0.29, 0.717) is 4.68 Å². The smallest absolute Gasteiger partial charge is 0.388 e. The molecule has 0 aliphatic rings. The fourth-order valence-electron chi connectivity index (χ4n) is 2.65. The fraction of sp³-hybridized carbons (Fsp3) is 0.286. The molecule has 2 N–H and O–H groups in total. The van der Waals surface area contributed by atoms with Crippen LogP contribution in [0.25, 0.3) is 16.9 Å². The lowest BCUT2D eigenvalue weighted by Gasteiger charge is -2.26. The lowest BCUT2D eigenvalue weighted by molar-refractivity contribution is -0.141. The Balaban J connectivity index is 2.16. The van der Waals surface area contributed by atoms with Crippen molar-refractivity contribution < 1.29 is 27.5 Å². The molecule has 12 heteroatoms. The topological polar surface area (TPSA) is 110 Å². The molecule has 0 saturated carbocycles. The fourth-order valence-corrected chi connectivity index (χ4v) is 2.65. The minimum Gasteiger partial charge on any atom is -0.388 e. The molecule has 0 fully saturated rings. The van der Waals surface area contributed by atoms with E-state index < -0.39 is 46.4 Å². The summed E-state index contributed by atoms with van der Waals surface area (Å²) in [6.45, 7) is 4.44.